The first kappa shape index (κ1) is 14.8. The number of rotatable bonds is 0. The standard InChI is InChI=1S/C5H9O2.K.HNO3/c1-5(2,3)7-4-6;;2-1(3)4/h1-3H3;;(H,2,3,4). The minimum Gasteiger partial charge on any atom is -0.328 e. The van der Waals surface area contributed by atoms with E-state index in [0.29, 0.717) is 0 Å². The van der Waals surface area contributed by atoms with Crippen molar-refractivity contribution >= 4 is 49.0 Å². The van der Waals surface area contributed by atoms with Crippen LogP contribution in [0, 0.1) is 10.1 Å². The van der Waals surface area contributed by atoms with E-state index in [-0.39, 0.29) is 54.6 Å². The van der Waals surface area contributed by atoms with Crippen molar-refractivity contribution in [3.05, 3.63) is 10.1 Å². The number of carbonyl (C=O) groups excluding carboxylic acids is 1. The summed E-state index contributed by atoms with van der Waals surface area (Å²) in [5.74, 6) is 0. The van der Waals surface area contributed by atoms with Gasteiger partial charge >= 0.3 is 84.9 Å². The predicted molar refractivity (Wildman–Crippen MR) is 40.8 cm³/mol. The summed E-state index contributed by atoms with van der Waals surface area (Å²) in [6.07, 6.45) is 0. The number of hydrogen-bond donors (Lipinski definition) is 1. The van der Waals surface area contributed by atoms with Gasteiger partial charge < -0.3 is 5.21 Å². The molecular formula is C5H10KNO5. The molecule has 0 aromatic heterocycles. The van der Waals surface area contributed by atoms with Gasteiger partial charge in [0.1, 0.15) is 0 Å². The Kier molecular flexibility index (Phi) is 8.37. The largest absolute Gasteiger partial charge is 0.328 e. The zero-order valence-corrected chi connectivity index (χ0v) is 10.7. The molecule has 0 spiro atoms. The average molecular weight is 203 g/mol. The maximum absolute atomic E-state index is 10.3. The third kappa shape index (κ3) is 31.7. The molecule has 7 heteroatoms. The molecule has 0 unspecified atom stereocenters. The molecule has 6 nitrogen and oxygen atoms in total. The molecule has 0 aliphatic carbocycles. The van der Waals surface area contributed by atoms with Crippen LogP contribution >= 0.6 is 0 Å². The fraction of sp³-hybridized carbons (Fsp3) is 0.800. The van der Waals surface area contributed by atoms with Gasteiger partial charge in [-0.25, -0.2) is 0 Å². The van der Waals surface area contributed by atoms with Crippen molar-refractivity contribution in [1.82, 2.24) is 0 Å². The van der Waals surface area contributed by atoms with Gasteiger partial charge in [0.25, 0.3) is 5.09 Å². The van der Waals surface area contributed by atoms with Crippen molar-refractivity contribution in [2.75, 3.05) is 0 Å². The zero-order chi connectivity index (χ0) is 10.4. The molecule has 0 saturated heterocycles. The molecule has 0 aromatic rings. The van der Waals surface area contributed by atoms with Crippen LogP contribution in [-0.2, 0) is 4.74 Å². The van der Waals surface area contributed by atoms with Crippen molar-refractivity contribution in [3.8, 4) is 0 Å². The molecule has 0 aromatic carbocycles. The van der Waals surface area contributed by atoms with Gasteiger partial charge in [-0.2, -0.15) is 0 Å². The Balaban J connectivity index is 0. The minimum absolute atomic E-state index is 0.0370. The van der Waals surface area contributed by atoms with E-state index < -0.39 is 5.09 Å². The molecule has 66 valence electrons. The van der Waals surface area contributed by atoms with E-state index in [4.69, 9.17) is 20.1 Å². The number of carbonyl (C=O) groups is 1. The van der Waals surface area contributed by atoms with Crippen LogP contribution in [0.5, 0.6) is 0 Å². The summed E-state index contributed by atoms with van der Waals surface area (Å²) >= 11 is 0.167. The van der Waals surface area contributed by atoms with Crippen LogP contribution in [0.3, 0.4) is 0 Å². The molecule has 12 heavy (non-hydrogen) atoms. The second kappa shape index (κ2) is 6.78. The van der Waals surface area contributed by atoms with Crippen LogP contribution in [0.25, 0.3) is 0 Å². The van der Waals surface area contributed by atoms with Gasteiger partial charge in [-0.05, 0) is 0 Å². The number of nitrogens with zero attached hydrogens (tertiary/aromatic N) is 1. The second-order valence-electron chi connectivity index (χ2n) is 2.94. The molecule has 0 saturated carbocycles. The van der Waals surface area contributed by atoms with E-state index in [1.807, 2.05) is 20.8 Å². The first-order valence-electron chi connectivity index (χ1n) is 3.18. The molecule has 0 atom stereocenters. The Morgan fingerprint density at radius 2 is 1.83 bits per heavy atom. The molecular weight excluding hydrogens is 193 g/mol. The predicted octanol–water partition coefficient (Wildman–Crippen LogP) is 0.742. The molecule has 0 aliphatic heterocycles. The minimum atomic E-state index is -1.50. The third-order valence-electron chi connectivity index (χ3n) is 0.450. The Morgan fingerprint density at radius 3 is 1.83 bits per heavy atom. The molecule has 0 bridgehead atoms. The van der Waals surface area contributed by atoms with E-state index in [9.17, 15) is 4.79 Å². The molecule has 0 rings (SSSR count). The van der Waals surface area contributed by atoms with Crippen LogP contribution in [0.4, 0.5) is 4.79 Å². The SMILES string of the molecule is CC(C)(C)O[C](=O)[K].O=[N+]([O-])O. The Bertz CT molecular complexity index is 160. The van der Waals surface area contributed by atoms with Crippen molar-refractivity contribution in [3.63, 3.8) is 0 Å². The first-order valence-corrected chi connectivity index (χ1v) is 4.74. The summed E-state index contributed by atoms with van der Waals surface area (Å²) in [5, 5.41) is 13.6. The summed E-state index contributed by atoms with van der Waals surface area (Å²) in [6.45, 7) is 5.62. The van der Waals surface area contributed by atoms with E-state index in [1.54, 1.807) is 0 Å². The monoisotopic (exact) mass is 203 g/mol. The quantitative estimate of drug-likeness (QED) is 0.356. The molecule has 0 aliphatic rings. The van der Waals surface area contributed by atoms with Gasteiger partial charge in [-0.15, -0.1) is 10.1 Å². The van der Waals surface area contributed by atoms with E-state index >= 15 is 0 Å². The summed E-state index contributed by atoms with van der Waals surface area (Å²) in [7, 11) is 0. The van der Waals surface area contributed by atoms with Crippen molar-refractivity contribution < 1.29 is 19.8 Å². The van der Waals surface area contributed by atoms with Crippen molar-refractivity contribution in [2.24, 2.45) is 0 Å². The van der Waals surface area contributed by atoms with Gasteiger partial charge in [0.15, 0.2) is 0 Å². The maximum Gasteiger partial charge on any atom is 0.291 e. The molecule has 0 fully saturated rings. The molecule has 0 radical (unpaired) electrons. The summed E-state index contributed by atoms with van der Waals surface area (Å²) in [6, 6.07) is 0. The number of ether oxygens (including phenoxy) is 1. The van der Waals surface area contributed by atoms with Crippen LogP contribution in [0.1, 0.15) is 20.8 Å². The van der Waals surface area contributed by atoms with E-state index in [1.165, 1.54) is 0 Å². The summed E-state index contributed by atoms with van der Waals surface area (Å²) in [5.41, 5.74) is -0.281. The summed E-state index contributed by atoms with van der Waals surface area (Å²) in [4.78, 5) is 18.7. The van der Waals surface area contributed by atoms with Crippen LogP contribution in [-0.4, -0.2) is 64.9 Å². The fourth-order valence-corrected chi connectivity index (χ4v) is 1.39. The van der Waals surface area contributed by atoms with Gasteiger partial charge in [-0.3, -0.25) is 0 Å². The Labute approximate surface area is 104 Å². The topological polar surface area (TPSA) is 89.7 Å². The normalized spacial score (nSPS) is 9.42. The van der Waals surface area contributed by atoms with Crippen molar-refractivity contribution in [1.29, 1.82) is 0 Å². The fourth-order valence-electron chi connectivity index (χ4n) is 0.431. The van der Waals surface area contributed by atoms with Gasteiger partial charge in [-0.1, -0.05) is 0 Å². The molecule has 0 heterocycles. The van der Waals surface area contributed by atoms with Crippen LogP contribution < -0.4 is 0 Å². The van der Waals surface area contributed by atoms with Crippen LogP contribution in [0.15, 0.2) is 0 Å². The van der Waals surface area contributed by atoms with Gasteiger partial charge in [0, 0.05) is 0 Å². The smallest absolute Gasteiger partial charge is 0.291 e. The van der Waals surface area contributed by atoms with E-state index in [0.717, 1.165) is 0 Å². The number of hydrogen-bond acceptors (Lipinski definition) is 4. The average Bonchev–Trinajstić information content (AvgIpc) is 1.52. The van der Waals surface area contributed by atoms with Gasteiger partial charge in [0.2, 0.25) is 0 Å². The van der Waals surface area contributed by atoms with E-state index in [2.05, 4.69) is 0 Å². The van der Waals surface area contributed by atoms with Crippen molar-refractivity contribution in [2.45, 2.75) is 26.4 Å². The van der Waals surface area contributed by atoms with Gasteiger partial charge in [0.05, 0.1) is 0 Å². The Hall–Kier alpha value is 0.306. The Morgan fingerprint density at radius 1 is 1.58 bits per heavy atom. The maximum atomic E-state index is 10.3. The third-order valence-corrected chi connectivity index (χ3v) is 0.769. The second-order valence-corrected chi connectivity index (χ2v) is 4.22. The molecule has 0 amide bonds. The first-order chi connectivity index (χ1) is 5.15. The van der Waals surface area contributed by atoms with Crippen LogP contribution in [0.2, 0.25) is 0 Å². The molecule has 1 N–H and O–H groups in total. The summed E-state index contributed by atoms with van der Waals surface area (Å²) < 4.78 is 4.84. The zero-order valence-electron chi connectivity index (χ0n) is 7.53.